The van der Waals surface area contributed by atoms with Crippen molar-refractivity contribution in [2.45, 2.75) is 52.4 Å². The number of hydrogen-bond acceptors (Lipinski definition) is 4. The van der Waals surface area contributed by atoms with Crippen LogP contribution in [0.2, 0.25) is 0 Å². The van der Waals surface area contributed by atoms with Gasteiger partial charge in [0, 0.05) is 23.7 Å². The Bertz CT molecular complexity index is 1030. The zero-order valence-electron chi connectivity index (χ0n) is 17.7. The Hall–Kier alpha value is -2.82. The van der Waals surface area contributed by atoms with Crippen molar-refractivity contribution in [2.75, 3.05) is 0 Å². The molecule has 1 aromatic heterocycles. The number of aryl methyl sites for hydroxylation is 1. The first kappa shape index (κ1) is 19.9. The fourth-order valence-corrected chi connectivity index (χ4v) is 3.50. The Balaban J connectivity index is 2.30. The number of fused-ring (bicyclic) bond motifs is 1. The quantitative estimate of drug-likeness (QED) is 0.370. The van der Waals surface area contributed by atoms with Crippen molar-refractivity contribution in [1.29, 1.82) is 0 Å². The van der Waals surface area contributed by atoms with Crippen LogP contribution in [0.3, 0.4) is 0 Å². The third-order valence-electron chi connectivity index (χ3n) is 5.10. The number of nitrogens with zero attached hydrogens (tertiary/aromatic N) is 3. The summed E-state index contributed by atoms with van der Waals surface area (Å²) in [5.41, 5.74) is 4.00. The fraction of sp³-hybridized carbons (Fsp3) is 0.391. The molecule has 148 valence electrons. The van der Waals surface area contributed by atoms with E-state index in [9.17, 15) is 10.3 Å². The number of oxime groups is 1. The third kappa shape index (κ3) is 3.37. The second-order valence-electron chi connectivity index (χ2n) is 9.35. The predicted octanol–water partition coefficient (Wildman–Crippen LogP) is 5.10. The molecule has 2 N–H and O–H groups in total. The van der Waals surface area contributed by atoms with E-state index in [-0.39, 0.29) is 10.8 Å². The Morgan fingerprint density at radius 2 is 1.50 bits per heavy atom. The van der Waals surface area contributed by atoms with E-state index in [2.05, 4.69) is 51.7 Å². The van der Waals surface area contributed by atoms with E-state index < -0.39 is 0 Å². The Kier molecular flexibility index (Phi) is 4.74. The first-order chi connectivity index (χ1) is 12.9. The summed E-state index contributed by atoms with van der Waals surface area (Å²) in [5.74, 6) is 0.875. The van der Waals surface area contributed by atoms with Gasteiger partial charge in [0.25, 0.3) is 0 Å². The van der Waals surface area contributed by atoms with E-state index in [1.165, 1.54) is 0 Å². The molecule has 3 rings (SSSR count). The summed E-state index contributed by atoms with van der Waals surface area (Å²) in [5, 5.41) is 24.5. The van der Waals surface area contributed by atoms with E-state index in [4.69, 9.17) is 0 Å². The van der Waals surface area contributed by atoms with Crippen molar-refractivity contribution in [3.05, 3.63) is 58.9 Å². The molecule has 28 heavy (non-hydrogen) atoms. The first-order valence-corrected chi connectivity index (χ1v) is 9.47. The Morgan fingerprint density at radius 3 is 1.96 bits per heavy atom. The smallest absolute Gasteiger partial charge is 0.163 e. The van der Waals surface area contributed by atoms with Crippen LogP contribution in [0, 0.1) is 0 Å². The normalized spacial score (nSPS) is 13.3. The fourth-order valence-electron chi connectivity index (χ4n) is 3.50. The monoisotopic (exact) mass is 379 g/mol. The summed E-state index contributed by atoms with van der Waals surface area (Å²) < 4.78 is 1.92. The van der Waals surface area contributed by atoms with E-state index in [0.29, 0.717) is 17.3 Å². The molecule has 0 radical (unpaired) electrons. The van der Waals surface area contributed by atoms with Crippen LogP contribution >= 0.6 is 0 Å². The van der Waals surface area contributed by atoms with Gasteiger partial charge < -0.3 is 14.9 Å². The van der Waals surface area contributed by atoms with Gasteiger partial charge in [-0.15, -0.1) is 0 Å². The largest absolute Gasteiger partial charge is 0.507 e. The van der Waals surface area contributed by atoms with Gasteiger partial charge in [0.15, 0.2) is 11.5 Å². The minimum atomic E-state index is -0.271. The maximum Gasteiger partial charge on any atom is 0.163 e. The number of phenolic OH excluding ortho intramolecular Hbond substituents is 1. The molecule has 3 aromatic rings. The number of rotatable bonds is 2. The highest BCUT2D eigenvalue weighted by atomic mass is 16.4. The average Bonchev–Trinajstić information content (AvgIpc) is 2.92. The van der Waals surface area contributed by atoms with Gasteiger partial charge in [0.05, 0.1) is 11.0 Å². The lowest BCUT2D eigenvalue weighted by atomic mass is 9.78. The predicted molar refractivity (Wildman–Crippen MR) is 114 cm³/mol. The number of imidazole rings is 1. The average molecular weight is 380 g/mol. The van der Waals surface area contributed by atoms with Crippen LogP contribution in [0.15, 0.2) is 41.6 Å². The number of aromatic hydroxyl groups is 1. The van der Waals surface area contributed by atoms with Crippen LogP contribution in [0.5, 0.6) is 5.75 Å². The van der Waals surface area contributed by atoms with Crippen molar-refractivity contribution in [3.8, 4) is 5.75 Å². The molecule has 5 nitrogen and oxygen atoms in total. The first-order valence-electron chi connectivity index (χ1n) is 9.47. The second-order valence-corrected chi connectivity index (χ2v) is 9.35. The van der Waals surface area contributed by atoms with Crippen LogP contribution in [-0.2, 0) is 17.9 Å². The molecule has 0 amide bonds. The molecule has 1 heterocycles. The van der Waals surface area contributed by atoms with E-state index in [1.807, 2.05) is 48.0 Å². The van der Waals surface area contributed by atoms with Gasteiger partial charge >= 0.3 is 0 Å². The highest BCUT2D eigenvalue weighted by Crippen LogP contribution is 2.40. The van der Waals surface area contributed by atoms with Crippen LogP contribution in [0.25, 0.3) is 11.0 Å². The zero-order chi connectivity index (χ0) is 20.9. The molecule has 0 bridgehead atoms. The third-order valence-corrected chi connectivity index (χ3v) is 5.10. The molecule has 0 aliphatic heterocycles. The number of aromatic nitrogens is 2. The standard InChI is InChI=1S/C23H29N3O2/c1-22(2,3)15-12-14(13-16(20(15)27)23(4,5)6)19(25-28)21-24-17-10-8-9-11-18(17)26(21)7/h8-13,27-28H,1-7H3. The summed E-state index contributed by atoms with van der Waals surface area (Å²) in [6.45, 7) is 12.4. The van der Waals surface area contributed by atoms with Crippen molar-refractivity contribution >= 4 is 16.7 Å². The topological polar surface area (TPSA) is 70.6 Å². The lowest BCUT2D eigenvalue weighted by molar-refractivity contribution is 0.319. The molecule has 0 aliphatic rings. The molecule has 5 heteroatoms. The van der Waals surface area contributed by atoms with Gasteiger partial charge in [0.1, 0.15) is 5.75 Å². The van der Waals surface area contributed by atoms with Crippen LogP contribution in [0.1, 0.15) is 64.1 Å². The Morgan fingerprint density at radius 1 is 0.964 bits per heavy atom. The highest BCUT2D eigenvalue weighted by molar-refractivity contribution is 6.12. The van der Waals surface area contributed by atoms with Crippen LogP contribution < -0.4 is 0 Å². The van der Waals surface area contributed by atoms with Gasteiger partial charge in [-0.1, -0.05) is 58.8 Å². The van der Waals surface area contributed by atoms with Crippen molar-refractivity contribution in [3.63, 3.8) is 0 Å². The molecular weight excluding hydrogens is 350 g/mol. The van der Waals surface area contributed by atoms with E-state index in [0.717, 1.165) is 27.7 Å². The van der Waals surface area contributed by atoms with E-state index in [1.54, 1.807) is 0 Å². The van der Waals surface area contributed by atoms with Crippen LogP contribution in [-0.4, -0.2) is 25.6 Å². The molecular formula is C23H29N3O2. The maximum absolute atomic E-state index is 11.0. The molecule has 0 spiro atoms. The van der Waals surface area contributed by atoms with E-state index >= 15 is 0 Å². The molecule has 0 fully saturated rings. The highest BCUT2D eigenvalue weighted by Gasteiger charge is 2.28. The molecule has 0 atom stereocenters. The number of hydrogen-bond donors (Lipinski definition) is 2. The summed E-state index contributed by atoms with van der Waals surface area (Å²) in [6.07, 6.45) is 0. The number of benzene rings is 2. The summed E-state index contributed by atoms with van der Waals surface area (Å²) in [7, 11) is 1.91. The van der Waals surface area contributed by atoms with Crippen molar-refractivity contribution in [2.24, 2.45) is 12.2 Å². The van der Waals surface area contributed by atoms with Gasteiger partial charge in [-0.05, 0) is 35.1 Å². The van der Waals surface area contributed by atoms with Crippen molar-refractivity contribution < 1.29 is 10.3 Å². The Labute approximate surface area is 166 Å². The molecule has 0 aliphatic carbocycles. The minimum Gasteiger partial charge on any atom is -0.507 e. The number of para-hydroxylation sites is 2. The molecule has 0 unspecified atom stereocenters. The second kappa shape index (κ2) is 6.66. The van der Waals surface area contributed by atoms with Crippen molar-refractivity contribution in [1.82, 2.24) is 9.55 Å². The lowest BCUT2D eigenvalue weighted by Crippen LogP contribution is -2.20. The van der Waals surface area contributed by atoms with Crippen LogP contribution in [0.4, 0.5) is 0 Å². The molecule has 0 saturated heterocycles. The van der Waals surface area contributed by atoms with Gasteiger partial charge in [-0.25, -0.2) is 4.98 Å². The summed E-state index contributed by atoms with van der Waals surface area (Å²) in [4.78, 5) is 4.68. The molecule has 2 aromatic carbocycles. The maximum atomic E-state index is 11.0. The SMILES string of the molecule is Cn1c(C(=NO)c2cc(C(C)(C)C)c(O)c(C(C)(C)C)c2)nc2ccccc21. The van der Waals surface area contributed by atoms with Gasteiger partial charge in [0.2, 0.25) is 0 Å². The molecule has 0 saturated carbocycles. The minimum absolute atomic E-state index is 0.271. The lowest BCUT2D eigenvalue weighted by Gasteiger charge is -2.28. The van der Waals surface area contributed by atoms with Gasteiger partial charge in [-0.2, -0.15) is 0 Å². The summed E-state index contributed by atoms with van der Waals surface area (Å²) in [6, 6.07) is 11.6. The summed E-state index contributed by atoms with van der Waals surface area (Å²) >= 11 is 0. The number of phenols is 1. The van der Waals surface area contributed by atoms with Gasteiger partial charge in [-0.3, -0.25) is 0 Å². The zero-order valence-corrected chi connectivity index (χ0v) is 17.7.